The van der Waals surface area contributed by atoms with Crippen LogP contribution in [0.1, 0.15) is 63.9 Å². The van der Waals surface area contributed by atoms with E-state index in [4.69, 9.17) is 4.74 Å². The average Bonchev–Trinajstić information content (AvgIpc) is 2.46. The van der Waals surface area contributed by atoms with E-state index in [-0.39, 0.29) is 18.4 Å². The van der Waals surface area contributed by atoms with Gasteiger partial charge in [0, 0.05) is 6.42 Å². The molecule has 1 aromatic carbocycles. The van der Waals surface area contributed by atoms with Gasteiger partial charge in [0.1, 0.15) is 12.4 Å². The highest BCUT2D eigenvalue weighted by Crippen LogP contribution is 2.10. The van der Waals surface area contributed by atoms with Gasteiger partial charge in [-0.3, -0.25) is 4.79 Å². The second-order valence-electron chi connectivity index (χ2n) is 5.16. The molecule has 2 nitrogen and oxygen atoms in total. The topological polar surface area (TPSA) is 26.3 Å². The van der Waals surface area contributed by atoms with Crippen LogP contribution in [0.5, 0.6) is 0 Å². The fourth-order valence-corrected chi connectivity index (χ4v) is 2.04. The summed E-state index contributed by atoms with van der Waals surface area (Å²) in [6.07, 6.45) is 8.79. The summed E-state index contributed by atoms with van der Waals surface area (Å²) in [6, 6.07) is 6.02. The molecule has 0 fully saturated rings. The first-order valence-corrected chi connectivity index (χ1v) is 7.62. The molecule has 0 aromatic heterocycles. The number of hydrogen-bond acceptors (Lipinski definition) is 2. The van der Waals surface area contributed by atoms with Crippen molar-refractivity contribution < 1.29 is 13.9 Å². The third kappa shape index (κ3) is 7.93. The highest BCUT2D eigenvalue weighted by Gasteiger charge is 2.03. The summed E-state index contributed by atoms with van der Waals surface area (Å²) in [5.74, 6) is -0.439. The van der Waals surface area contributed by atoms with Gasteiger partial charge in [-0.05, 0) is 24.1 Å². The minimum Gasteiger partial charge on any atom is -0.461 e. The second kappa shape index (κ2) is 10.4. The molecule has 1 aromatic rings. The molecule has 0 atom stereocenters. The fraction of sp³-hybridized carbons (Fsp3) is 0.588. The number of unbranched alkanes of at least 4 members (excludes halogenated alkanes) is 6. The van der Waals surface area contributed by atoms with Crippen LogP contribution in [0.2, 0.25) is 0 Å². The molecule has 0 bridgehead atoms. The van der Waals surface area contributed by atoms with Crippen LogP contribution in [0, 0.1) is 5.82 Å². The first-order valence-electron chi connectivity index (χ1n) is 7.62. The lowest BCUT2D eigenvalue weighted by atomic mass is 10.1. The van der Waals surface area contributed by atoms with Crippen LogP contribution in [0.4, 0.5) is 4.39 Å². The summed E-state index contributed by atoms with van der Waals surface area (Å²) < 4.78 is 17.8. The standard InChI is InChI=1S/C17H25FO2/c1-2-3-4-5-6-7-8-9-17(19)20-14-15-10-12-16(18)13-11-15/h10-13H,2-9,14H2,1H3. The van der Waals surface area contributed by atoms with E-state index in [1.54, 1.807) is 12.1 Å². The predicted molar refractivity (Wildman–Crippen MR) is 78.8 cm³/mol. The van der Waals surface area contributed by atoms with Gasteiger partial charge < -0.3 is 4.74 Å². The summed E-state index contributed by atoms with van der Waals surface area (Å²) in [7, 11) is 0. The third-order valence-electron chi connectivity index (χ3n) is 3.30. The molecule has 0 saturated heterocycles. The van der Waals surface area contributed by atoms with Crippen LogP contribution in [0.3, 0.4) is 0 Å². The van der Waals surface area contributed by atoms with Crippen molar-refractivity contribution in [2.75, 3.05) is 0 Å². The van der Waals surface area contributed by atoms with E-state index in [1.807, 2.05) is 0 Å². The summed E-state index contributed by atoms with van der Waals surface area (Å²) in [6.45, 7) is 2.44. The van der Waals surface area contributed by atoms with E-state index >= 15 is 0 Å². The molecule has 1 rings (SSSR count). The Labute approximate surface area is 121 Å². The zero-order valence-electron chi connectivity index (χ0n) is 12.4. The van der Waals surface area contributed by atoms with E-state index in [9.17, 15) is 9.18 Å². The smallest absolute Gasteiger partial charge is 0.306 e. The second-order valence-corrected chi connectivity index (χ2v) is 5.16. The van der Waals surface area contributed by atoms with Crippen molar-refractivity contribution in [2.45, 2.75) is 64.9 Å². The molecule has 0 aliphatic rings. The summed E-state index contributed by atoms with van der Waals surface area (Å²) >= 11 is 0. The maximum absolute atomic E-state index is 12.7. The van der Waals surface area contributed by atoms with E-state index in [1.165, 1.54) is 44.2 Å². The molecule has 0 aliphatic heterocycles. The first kappa shape index (κ1) is 16.7. The Balaban J connectivity index is 2.01. The van der Waals surface area contributed by atoms with Gasteiger partial charge in [-0.1, -0.05) is 57.6 Å². The Morgan fingerprint density at radius 2 is 1.60 bits per heavy atom. The molecule has 0 saturated carbocycles. The van der Waals surface area contributed by atoms with Gasteiger partial charge in [0.05, 0.1) is 0 Å². The molecular weight excluding hydrogens is 255 g/mol. The summed E-state index contributed by atoms with van der Waals surface area (Å²) in [4.78, 5) is 11.5. The Morgan fingerprint density at radius 1 is 1.00 bits per heavy atom. The van der Waals surface area contributed by atoms with Gasteiger partial charge in [-0.25, -0.2) is 4.39 Å². The maximum Gasteiger partial charge on any atom is 0.306 e. The van der Waals surface area contributed by atoms with Gasteiger partial charge in [-0.2, -0.15) is 0 Å². The molecule has 0 spiro atoms. The molecule has 0 amide bonds. The lowest BCUT2D eigenvalue weighted by Gasteiger charge is -2.05. The highest BCUT2D eigenvalue weighted by molar-refractivity contribution is 5.69. The van der Waals surface area contributed by atoms with Crippen molar-refractivity contribution >= 4 is 5.97 Å². The number of benzene rings is 1. The van der Waals surface area contributed by atoms with Crippen LogP contribution >= 0.6 is 0 Å². The molecule has 0 heterocycles. The first-order chi connectivity index (χ1) is 9.72. The van der Waals surface area contributed by atoms with Crippen LogP contribution < -0.4 is 0 Å². The SMILES string of the molecule is CCCCCCCCCC(=O)OCc1ccc(F)cc1. The van der Waals surface area contributed by atoms with Crippen LogP contribution in [-0.2, 0) is 16.1 Å². The van der Waals surface area contributed by atoms with Gasteiger partial charge in [0.15, 0.2) is 0 Å². The molecule has 0 radical (unpaired) electrons. The number of rotatable bonds is 10. The van der Waals surface area contributed by atoms with Gasteiger partial charge in [0.25, 0.3) is 0 Å². The van der Waals surface area contributed by atoms with Crippen molar-refractivity contribution in [3.8, 4) is 0 Å². The molecule has 112 valence electrons. The predicted octanol–water partition coefficient (Wildman–Crippen LogP) is 5.01. The number of ether oxygens (including phenoxy) is 1. The molecule has 3 heteroatoms. The Bertz CT molecular complexity index is 373. The van der Waals surface area contributed by atoms with Gasteiger partial charge >= 0.3 is 5.97 Å². The minimum absolute atomic E-state index is 0.164. The van der Waals surface area contributed by atoms with Crippen LogP contribution in [0.15, 0.2) is 24.3 Å². The molecule has 0 N–H and O–H groups in total. The average molecular weight is 280 g/mol. The largest absolute Gasteiger partial charge is 0.461 e. The maximum atomic E-state index is 12.7. The van der Waals surface area contributed by atoms with E-state index in [2.05, 4.69) is 6.92 Å². The Kier molecular flexibility index (Phi) is 8.68. The highest BCUT2D eigenvalue weighted by atomic mass is 19.1. The number of halogens is 1. The number of carbonyl (C=O) groups is 1. The molecule has 20 heavy (non-hydrogen) atoms. The molecular formula is C17H25FO2. The zero-order chi connectivity index (χ0) is 14.6. The van der Waals surface area contributed by atoms with Crippen LogP contribution in [-0.4, -0.2) is 5.97 Å². The van der Waals surface area contributed by atoms with Crippen molar-refractivity contribution in [3.63, 3.8) is 0 Å². The quantitative estimate of drug-likeness (QED) is 0.445. The number of esters is 1. The van der Waals surface area contributed by atoms with Crippen molar-refractivity contribution in [1.82, 2.24) is 0 Å². The van der Waals surface area contributed by atoms with Crippen molar-refractivity contribution in [2.24, 2.45) is 0 Å². The zero-order valence-corrected chi connectivity index (χ0v) is 12.4. The number of carbonyl (C=O) groups excluding carboxylic acids is 1. The van der Waals surface area contributed by atoms with E-state index < -0.39 is 0 Å². The fourth-order valence-electron chi connectivity index (χ4n) is 2.04. The van der Waals surface area contributed by atoms with Gasteiger partial charge in [0.2, 0.25) is 0 Å². The van der Waals surface area contributed by atoms with Gasteiger partial charge in [-0.15, -0.1) is 0 Å². The Hall–Kier alpha value is -1.38. The van der Waals surface area contributed by atoms with Crippen molar-refractivity contribution in [3.05, 3.63) is 35.6 Å². The van der Waals surface area contributed by atoms with E-state index in [0.717, 1.165) is 18.4 Å². The monoisotopic (exact) mass is 280 g/mol. The molecule has 0 unspecified atom stereocenters. The normalized spacial score (nSPS) is 10.5. The summed E-state index contributed by atoms with van der Waals surface area (Å²) in [5, 5.41) is 0. The lowest BCUT2D eigenvalue weighted by molar-refractivity contribution is -0.145. The van der Waals surface area contributed by atoms with E-state index in [0.29, 0.717) is 6.42 Å². The lowest BCUT2D eigenvalue weighted by Crippen LogP contribution is -2.04. The summed E-state index contributed by atoms with van der Waals surface area (Å²) in [5.41, 5.74) is 0.819. The minimum atomic E-state index is -0.275. The van der Waals surface area contributed by atoms with Crippen molar-refractivity contribution in [1.29, 1.82) is 0 Å². The Morgan fingerprint density at radius 3 is 2.25 bits per heavy atom. The third-order valence-corrected chi connectivity index (χ3v) is 3.30. The number of hydrogen-bond donors (Lipinski definition) is 0. The molecule has 0 aliphatic carbocycles. The van der Waals surface area contributed by atoms with Crippen LogP contribution in [0.25, 0.3) is 0 Å².